The molecule has 0 aromatic heterocycles. The first-order valence-electron chi connectivity index (χ1n) is 7.57. The van der Waals surface area contributed by atoms with E-state index in [-0.39, 0.29) is 12.2 Å². The largest absolute Gasteiger partial charge is 0.630 e. The molecule has 2 rings (SSSR count). The summed E-state index contributed by atoms with van der Waals surface area (Å²) in [5.74, 6) is 0.710. The molecule has 1 saturated heterocycles. The van der Waals surface area contributed by atoms with Crippen molar-refractivity contribution in [2.75, 3.05) is 13.1 Å². The van der Waals surface area contributed by atoms with E-state index < -0.39 is 5.60 Å². The molecular weight excluding hydrogens is 284 g/mol. The fourth-order valence-corrected chi connectivity index (χ4v) is 2.34. The predicted octanol–water partition coefficient (Wildman–Crippen LogP) is 2.16. The summed E-state index contributed by atoms with van der Waals surface area (Å²) in [5, 5.41) is 10.6. The average molecular weight is 308 g/mol. The van der Waals surface area contributed by atoms with Crippen LogP contribution in [0.15, 0.2) is 24.3 Å². The van der Waals surface area contributed by atoms with Crippen LogP contribution in [0.5, 0.6) is 5.75 Å². The Morgan fingerprint density at radius 1 is 1.32 bits per heavy atom. The van der Waals surface area contributed by atoms with Gasteiger partial charge in [0.1, 0.15) is 23.1 Å². The molecule has 1 aromatic carbocycles. The Labute approximate surface area is 131 Å². The number of amides is 1. The van der Waals surface area contributed by atoms with Gasteiger partial charge in [-0.1, -0.05) is 0 Å². The topological polar surface area (TPSA) is 78.4 Å². The molecule has 0 saturated carbocycles. The average Bonchev–Trinajstić information content (AvgIpc) is 2.46. The smallest absolute Gasteiger partial charge is 0.410 e. The molecule has 122 valence electrons. The summed E-state index contributed by atoms with van der Waals surface area (Å²) in [6, 6.07) is 6.99. The lowest BCUT2D eigenvalue weighted by Gasteiger charge is -2.34. The molecule has 6 heteroatoms. The van der Waals surface area contributed by atoms with Gasteiger partial charge in [0.15, 0.2) is 0 Å². The van der Waals surface area contributed by atoms with Crippen molar-refractivity contribution < 1.29 is 19.7 Å². The van der Waals surface area contributed by atoms with Gasteiger partial charge >= 0.3 is 6.09 Å². The molecule has 0 bridgehead atoms. The van der Waals surface area contributed by atoms with E-state index in [1.54, 1.807) is 29.2 Å². The Bertz CT molecular complexity index is 496. The summed E-state index contributed by atoms with van der Waals surface area (Å²) >= 11 is 0. The molecular formula is C16H24N2O4. The van der Waals surface area contributed by atoms with Gasteiger partial charge in [0.2, 0.25) is 0 Å². The normalized spacial score (nSPS) is 18.9. The molecule has 1 fully saturated rings. The summed E-state index contributed by atoms with van der Waals surface area (Å²) in [5.41, 5.74) is 0.927. The Balaban J connectivity index is 1.91. The highest BCUT2D eigenvalue weighted by atomic mass is 16.6. The highest BCUT2D eigenvalue weighted by Crippen LogP contribution is 2.21. The van der Waals surface area contributed by atoms with Gasteiger partial charge < -0.3 is 25.1 Å². The summed E-state index contributed by atoms with van der Waals surface area (Å²) in [4.78, 5) is 13.8. The number of benzene rings is 1. The number of hydrogen-bond acceptors (Lipinski definition) is 4. The van der Waals surface area contributed by atoms with Gasteiger partial charge in [0, 0.05) is 18.7 Å². The van der Waals surface area contributed by atoms with Gasteiger partial charge in [-0.15, -0.1) is 0 Å². The summed E-state index contributed by atoms with van der Waals surface area (Å²) in [6.07, 6.45) is 1.44. The number of likely N-dealkylation sites (tertiary alicyclic amines) is 1. The molecule has 1 aromatic rings. The van der Waals surface area contributed by atoms with Gasteiger partial charge in [-0.3, -0.25) is 0 Å². The molecule has 1 atom stereocenters. The van der Waals surface area contributed by atoms with Crippen LogP contribution in [-0.4, -0.2) is 35.8 Å². The van der Waals surface area contributed by atoms with Gasteiger partial charge in [-0.25, -0.2) is 4.79 Å². The van der Waals surface area contributed by atoms with E-state index >= 15 is 0 Å². The molecule has 0 aliphatic carbocycles. The molecule has 1 heterocycles. The van der Waals surface area contributed by atoms with E-state index in [2.05, 4.69) is 0 Å². The van der Waals surface area contributed by atoms with Gasteiger partial charge in [-0.2, -0.15) is 0 Å². The number of carbonyl (C=O) groups excluding carboxylic acids is 1. The third kappa shape index (κ3) is 4.89. The van der Waals surface area contributed by atoms with E-state index in [0.29, 0.717) is 24.5 Å². The number of nitrogens with two attached hydrogens (primary N) is 1. The molecule has 1 amide bonds. The first-order chi connectivity index (χ1) is 10.4. The summed E-state index contributed by atoms with van der Waals surface area (Å²) in [7, 11) is 0. The number of nitrogens with zero attached hydrogens (tertiary/aromatic N) is 1. The van der Waals surface area contributed by atoms with Crippen LogP contribution in [0.25, 0.3) is 0 Å². The van der Waals surface area contributed by atoms with Crippen molar-refractivity contribution in [1.82, 2.24) is 4.90 Å². The highest BCUT2D eigenvalue weighted by molar-refractivity contribution is 5.68. The van der Waals surface area contributed by atoms with Crippen LogP contribution in [0.4, 0.5) is 10.5 Å². The number of piperidine rings is 1. The Morgan fingerprint density at radius 2 is 2.00 bits per heavy atom. The zero-order valence-corrected chi connectivity index (χ0v) is 13.4. The standard InChI is InChI=1S/C16H24N2O4/c1-16(2,3)22-15(19)18-10-4-5-14(11-18)21-13-8-6-12(17-20)7-9-13/h6-9,14H,4-5,10-11,17H2,1-3H3. The molecule has 6 nitrogen and oxygen atoms in total. The van der Waals surface area contributed by atoms with Crippen LogP contribution >= 0.6 is 0 Å². The van der Waals surface area contributed by atoms with E-state index in [0.717, 1.165) is 18.3 Å². The van der Waals surface area contributed by atoms with Crippen LogP contribution in [0.2, 0.25) is 0 Å². The lowest BCUT2D eigenvalue weighted by molar-refractivity contribution is -0.497. The van der Waals surface area contributed by atoms with Gasteiger partial charge in [0.05, 0.1) is 6.54 Å². The number of quaternary nitrogens is 1. The lowest BCUT2D eigenvalue weighted by atomic mass is 10.1. The van der Waals surface area contributed by atoms with Crippen LogP contribution < -0.4 is 10.2 Å². The van der Waals surface area contributed by atoms with Crippen molar-refractivity contribution in [2.24, 2.45) is 0 Å². The van der Waals surface area contributed by atoms with Crippen molar-refractivity contribution in [1.29, 1.82) is 0 Å². The number of hydrogen-bond donors (Lipinski definition) is 1. The predicted molar refractivity (Wildman–Crippen MR) is 82.9 cm³/mol. The number of rotatable bonds is 3. The second-order valence-corrected chi connectivity index (χ2v) is 6.50. The van der Waals surface area contributed by atoms with E-state index in [1.807, 2.05) is 20.8 Å². The molecule has 1 aliphatic rings. The minimum absolute atomic E-state index is 0.0525. The van der Waals surface area contributed by atoms with E-state index in [4.69, 9.17) is 9.47 Å². The van der Waals surface area contributed by atoms with Gasteiger partial charge in [-0.05, 0) is 45.7 Å². The minimum Gasteiger partial charge on any atom is -0.630 e. The molecule has 22 heavy (non-hydrogen) atoms. The maximum atomic E-state index is 12.1. The van der Waals surface area contributed by atoms with Crippen molar-refractivity contribution in [3.63, 3.8) is 0 Å². The number of carbonyl (C=O) groups is 1. The maximum absolute atomic E-state index is 12.1. The second-order valence-electron chi connectivity index (χ2n) is 6.50. The zero-order chi connectivity index (χ0) is 16.2. The molecule has 0 radical (unpaired) electrons. The van der Waals surface area contributed by atoms with E-state index in [1.165, 1.54) is 0 Å². The first kappa shape index (κ1) is 16.6. The Morgan fingerprint density at radius 3 is 2.59 bits per heavy atom. The maximum Gasteiger partial charge on any atom is 0.410 e. The van der Waals surface area contributed by atoms with Crippen molar-refractivity contribution in [3.8, 4) is 5.75 Å². The van der Waals surface area contributed by atoms with Crippen molar-refractivity contribution in [2.45, 2.75) is 45.3 Å². The monoisotopic (exact) mass is 308 g/mol. The summed E-state index contributed by atoms with van der Waals surface area (Å²) < 4.78 is 11.3. The third-order valence-electron chi connectivity index (χ3n) is 3.35. The SMILES string of the molecule is CC(C)(C)OC(=O)N1CCCC(Oc2ccc([NH2+][O-])cc2)C1. The number of ether oxygens (including phenoxy) is 2. The molecule has 1 aliphatic heterocycles. The Hall–Kier alpha value is -1.79. The fourth-order valence-electron chi connectivity index (χ4n) is 2.34. The third-order valence-corrected chi connectivity index (χ3v) is 3.35. The second kappa shape index (κ2) is 6.98. The van der Waals surface area contributed by atoms with Crippen LogP contribution in [-0.2, 0) is 4.74 Å². The first-order valence-corrected chi connectivity index (χ1v) is 7.57. The fraction of sp³-hybridized carbons (Fsp3) is 0.562. The quantitative estimate of drug-likeness (QED) is 0.685. The van der Waals surface area contributed by atoms with Crippen molar-refractivity contribution in [3.05, 3.63) is 29.5 Å². The Kier molecular flexibility index (Phi) is 5.26. The highest BCUT2D eigenvalue weighted by Gasteiger charge is 2.28. The minimum atomic E-state index is -0.491. The van der Waals surface area contributed by atoms with Gasteiger partial charge in [0.25, 0.3) is 0 Å². The molecule has 2 N–H and O–H groups in total. The van der Waals surface area contributed by atoms with Crippen LogP contribution in [0, 0.1) is 5.21 Å². The van der Waals surface area contributed by atoms with Crippen LogP contribution in [0.3, 0.4) is 0 Å². The lowest BCUT2D eigenvalue weighted by Crippen LogP contribution is -2.70. The molecule has 0 spiro atoms. The molecule has 1 unspecified atom stereocenters. The zero-order valence-electron chi connectivity index (χ0n) is 13.4. The van der Waals surface area contributed by atoms with Crippen molar-refractivity contribution >= 4 is 11.8 Å². The van der Waals surface area contributed by atoms with E-state index in [9.17, 15) is 10.0 Å². The van der Waals surface area contributed by atoms with Crippen LogP contribution in [0.1, 0.15) is 33.6 Å². The summed E-state index contributed by atoms with van der Waals surface area (Å²) in [6.45, 7) is 6.79.